The van der Waals surface area contributed by atoms with E-state index < -0.39 is 17.7 Å². The third-order valence-electron chi connectivity index (χ3n) is 4.27. The van der Waals surface area contributed by atoms with Crippen LogP contribution in [0.4, 0.5) is 0 Å². The average Bonchev–Trinajstić information content (AvgIpc) is 2.92. The van der Waals surface area contributed by atoms with Gasteiger partial charge in [0.1, 0.15) is 5.75 Å². The summed E-state index contributed by atoms with van der Waals surface area (Å²) in [4.78, 5) is 36.8. The third kappa shape index (κ3) is 3.29. The molecule has 0 atom stereocenters. The van der Waals surface area contributed by atoms with Crippen LogP contribution in [0.3, 0.4) is 0 Å². The van der Waals surface area contributed by atoms with E-state index in [9.17, 15) is 14.4 Å². The Morgan fingerprint density at radius 1 is 0.964 bits per heavy atom. The monoisotopic (exact) mass is 502 g/mol. The summed E-state index contributed by atoms with van der Waals surface area (Å²) in [7, 11) is 0. The number of fused-ring (bicyclic) bond motifs is 2. The number of nitrogens with zero attached hydrogens (tertiary/aromatic N) is 1. The zero-order chi connectivity index (χ0) is 19.8. The van der Waals surface area contributed by atoms with Gasteiger partial charge in [-0.05, 0) is 57.0 Å². The molecule has 0 aliphatic carbocycles. The van der Waals surface area contributed by atoms with Gasteiger partial charge in [-0.2, -0.15) is 5.01 Å². The molecule has 0 saturated carbocycles. The Labute approximate surface area is 176 Å². The summed E-state index contributed by atoms with van der Waals surface area (Å²) >= 11 is 6.92. The summed E-state index contributed by atoms with van der Waals surface area (Å²) in [5.74, 6) is -1.26. The van der Waals surface area contributed by atoms with Crippen molar-refractivity contribution in [2.24, 2.45) is 0 Å². The lowest BCUT2D eigenvalue weighted by Gasteiger charge is -2.16. The minimum absolute atomic E-state index is 0.261. The molecule has 8 heteroatoms. The van der Waals surface area contributed by atoms with Crippen LogP contribution >= 0.6 is 31.9 Å². The maximum Gasteiger partial charge on any atom is 0.280 e. The van der Waals surface area contributed by atoms with E-state index in [1.807, 2.05) is 24.3 Å². The molecule has 3 aromatic carbocycles. The molecule has 140 valence electrons. The Balaban J connectivity index is 1.45. The molecule has 0 radical (unpaired) electrons. The van der Waals surface area contributed by atoms with Crippen LogP contribution in [0.25, 0.3) is 10.8 Å². The summed E-state index contributed by atoms with van der Waals surface area (Å²) < 4.78 is 7.25. The number of halogens is 2. The van der Waals surface area contributed by atoms with Gasteiger partial charge < -0.3 is 4.74 Å². The van der Waals surface area contributed by atoms with Crippen molar-refractivity contribution in [3.05, 3.63) is 74.7 Å². The van der Waals surface area contributed by atoms with Crippen molar-refractivity contribution in [2.45, 2.75) is 0 Å². The van der Waals surface area contributed by atoms with E-state index in [2.05, 4.69) is 37.3 Å². The molecule has 4 rings (SSSR count). The first-order valence-corrected chi connectivity index (χ1v) is 9.82. The Kier molecular flexibility index (Phi) is 4.91. The lowest BCUT2D eigenvalue weighted by atomic mass is 10.1. The number of amides is 3. The number of ether oxygens (including phenoxy) is 1. The summed E-state index contributed by atoms with van der Waals surface area (Å²) in [6, 6.07) is 15.8. The van der Waals surface area contributed by atoms with Crippen LogP contribution in [0.1, 0.15) is 20.7 Å². The van der Waals surface area contributed by atoms with Gasteiger partial charge in [-0.15, -0.1) is 0 Å². The van der Waals surface area contributed by atoms with Gasteiger partial charge in [-0.3, -0.25) is 19.8 Å². The number of nitrogens with one attached hydrogen (secondary N) is 1. The summed E-state index contributed by atoms with van der Waals surface area (Å²) in [6.07, 6.45) is 0. The fourth-order valence-electron chi connectivity index (χ4n) is 2.95. The number of carbonyl (C=O) groups excluding carboxylic acids is 3. The second-order valence-corrected chi connectivity index (χ2v) is 7.77. The number of benzene rings is 3. The normalized spacial score (nSPS) is 13.0. The van der Waals surface area contributed by atoms with E-state index in [4.69, 9.17) is 4.74 Å². The van der Waals surface area contributed by atoms with Crippen LogP contribution in [-0.2, 0) is 4.79 Å². The van der Waals surface area contributed by atoms with Crippen molar-refractivity contribution in [3.8, 4) is 5.75 Å². The van der Waals surface area contributed by atoms with Crippen molar-refractivity contribution >= 4 is 60.4 Å². The van der Waals surface area contributed by atoms with E-state index in [0.717, 1.165) is 15.2 Å². The van der Waals surface area contributed by atoms with Gasteiger partial charge in [0.25, 0.3) is 17.7 Å². The van der Waals surface area contributed by atoms with Crippen molar-refractivity contribution < 1.29 is 19.1 Å². The molecular weight excluding hydrogens is 492 g/mol. The van der Waals surface area contributed by atoms with E-state index in [-0.39, 0.29) is 17.7 Å². The van der Waals surface area contributed by atoms with E-state index >= 15 is 0 Å². The fraction of sp³-hybridized carbons (Fsp3) is 0.0500. The standard InChI is InChI=1S/C20H12Br2N2O4/c21-12-6-7-13-11(9-12)5-8-16(18(13)22)28-10-17(25)23-24-19(26)14-3-1-2-4-15(14)20(24)27/h1-9H,10H2,(H,23,25). The molecule has 1 aliphatic rings. The predicted molar refractivity (Wildman–Crippen MR) is 110 cm³/mol. The number of hydrogen-bond donors (Lipinski definition) is 1. The van der Waals surface area contributed by atoms with E-state index in [1.54, 1.807) is 30.3 Å². The third-order valence-corrected chi connectivity index (χ3v) is 5.58. The molecule has 6 nitrogen and oxygen atoms in total. The Bertz CT molecular complexity index is 1110. The molecule has 28 heavy (non-hydrogen) atoms. The quantitative estimate of drug-likeness (QED) is 0.544. The zero-order valence-corrected chi connectivity index (χ0v) is 17.4. The molecule has 3 amide bonds. The van der Waals surface area contributed by atoms with Gasteiger partial charge in [0.2, 0.25) is 0 Å². The van der Waals surface area contributed by atoms with Crippen LogP contribution in [0.5, 0.6) is 5.75 Å². The van der Waals surface area contributed by atoms with Crippen molar-refractivity contribution in [2.75, 3.05) is 6.61 Å². The maximum atomic E-state index is 12.3. The topological polar surface area (TPSA) is 75.7 Å². The molecule has 0 bridgehead atoms. The lowest BCUT2D eigenvalue weighted by Crippen LogP contribution is -2.47. The highest BCUT2D eigenvalue weighted by molar-refractivity contribution is 9.11. The molecule has 0 fully saturated rings. The molecular formula is C20H12Br2N2O4. The molecule has 1 N–H and O–H groups in total. The fourth-order valence-corrected chi connectivity index (χ4v) is 3.93. The van der Waals surface area contributed by atoms with Crippen LogP contribution in [0.2, 0.25) is 0 Å². The van der Waals surface area contributed by atoms with Crippen LogP contribution in [0, 0.1) is 0 Å². The number of imide groups is 1. The van der Waals surface area contributed by atoms with Gasteiger partial charge in [-0.1, -0.05) is 40.2 Å². The molecule has 1 heterocycles. The highest BCUT2D eigenvalue weighted by Gasteiger charge is 2.36. The first-order chi connectivity index (χ1) is 13.5. The largest absolute Gasteiger partial charge is 0.483 e. The second kappa shape index (κ2) is 7.37. The Morgan fingerprint density at radius 2 is 1.64 bits per heavy atom. The van der Waals surface area contributed by atoms with E-state index in [1.165, 1.54) is 0 Å². The van der Waals surface area contributed by atoms with Crippen molar-refractivity contribution in [1.82, 2.24) is 10.4 Å². The lowest BCUT2D eigenvalue weighted by molar-refractivity contribution is -0.126. The average molecular weight is 504 g/mol. The Morgan fingerprint density at radius 3 is 2.32 bits per heavy atom. The molecule has 0 saturated heterocycles. The second-order valence-electron chi connectivity index (χ2n) is 6.06. The van der Waals surface area contributed by atoms with Gasteiger partial charge in [0.05, 0.1) is 15.6 Å². The summed E-state index contributed by atoms with van der Waals surface area (Å²) in [6.45, 7) is -0.353. The highest BCUT2D eigenvalue weighted by Crippen LogP contribution is 2.34. The van der Waals surface area contributed by atoms with Crippen molar-refractivity contribution in [3.63, 3.8) is 0 Å². The van der Waals surface area contributed by atoms with Gasteiger partial charge >= 0.3 is 0 Å². The van der Waals surface area contributed by atoms with Crippen LogP contribution in [-0.4, -0.2) is 29.3 Å². The molecule has 0 unspecified atom stereocenters. The molecule has 3 aromatic rings. The number of carbonyl (C=O) groups is 3. The van der Waals surface area contributed by atoms with Crippen molar-refractivity contribution in [1.29, 1.82) is 0 Å². The number of hydrogen-bond acceptors (Lipinski definition) is 4. The van der Waals surface area contributed by atoms with Crippen LogP contribution in [0.15, 0.2) is 63.5 Å². The number of rotatable bonds is 4. The minimum atomic E-state index is -0.614. The highest BCUT2D eigenvalue weighted by atomic mass is 79.9. The smallest absolute Gasteiger partial charge is 0.280 e. The maximum absolute atomic E-state index is 12.3. The van der Waals surface area contributed by atoms with Crippen LogP contribution < -0.4 is 10.2 Å². The molecule has 1 aliphatic heterocycles. The summed E-state index contributed by atoms with van der Waals surface area (Å²) in [5.41, 5.74) is 2.83. The molecule has 0 aromatic heterocycles. The first kappa shape index (κ1) is 18.6. The number of hydrazine groups is 1. The summed E-state index contributed by atoms with van der Waals surface area (Å²) in [5, 5.41) is 2.65. The van der Waals surface area contributed by atoms with Gasteiger partial charge in [-0.25, -0.2) is 0 Å². The SMILES string of the molecule is O=C(COc1ccc2cc(Br)ccc2c1Br)NN1C(=O)c2ccccc2C1=O. The predicted octanol–water partition coefficient (Wildman–Crippen LogP) is 4.07. The van der Waals surface area contributed by atoms with Gasteiger partial charge in [0, 0.05) is 4.47 Å². The molecule has 0 spiro atoms. The zero-order valence-electron chi connectivity index (χ0n) is 14.2. The minimum Gasteiger partial charge on any atom is -0.483 e. The Hall–Kier alpha value is -2.71. The first-order valence-electron chi connectivity index (χ1n) is 8.23. The van der Waals surface area contributed by atoms with Gasteiger partial charge in [0.15, 0.2) is 6.61 Å². The van der Waals surface area contributed by atoms with E-state index in [0.29, 0.717) is 15.2 Å².